The molecule has 1 aromatic carbocycles. The second-order valence-electron chi connectivity index (χ2n) is 4.40. The van der Waals surface area contributed by atoms with Gasteiger partial charge >= 0.3 is 0 Å². The van der Waals surface area contributed by atoms with E-state index in [0.717, 1.165) is 19.4 Å². The number of hydrogen-bond donors (Lipinski definition) is 1. The van der Waals surface area contributed by atoms with Crippen molar-refractivity contribution in [3.63, 3.8) is 0 Å². The average molecular weight is 264 g/mol. The summed E-state index contributed by atoms with van der Waals surface area (Å²) < 4.78 is 24.4. The number of aliphatic hydroxyl groups excluding tert-OH is 1. The minimum atomic E-state index is -0.377. The topological polar surface area (TPSA) is 38.7 Å². The van der Waals surface area contributed by atoms with Crippen molar-refractivity contribution >= 4 is 0 Å². The van der Waals surface area contributed by atoms with Crippen molar-refractivity contribution in [3.8, 4) is 17.6 Å². The SMILES string of the molecule is OCCC#Cc1cc(F)cc(OCC2CCCO2)c1. The number of hydrogen-bond acceptors (Lipinski definition) is 3. The van der Waals surface area contributed by atoms with Gasteiger partial charge in [0.25, 0.3) is 0 Å². The van der Waals surface area contributed by atoms with Gasteiger partial charge in [-0.25, -0.2) is 4.39 Å². The van der Waals surface area contributed by atoms with E-state index < -0.39 is 0 Å². The zero-order chi connectivity index (χ0) is 13.5. The van der Waals surface area contributed by atoms with Crippen LogP contribution in [-0.4, -0.2) is 31.0 Å². The van der Waals surface area contributed by atoms with Crippen LogP contribution < -0.4 is 4.74 Å². The molecule has 3 nitrogen and oxygen atoms in total. The Kier molecular flexibility index (Phi) is 5.20. The molecule has 1 fully saturated rings. The predicted molar refractivity (Wildman–Crippen MR) is 69.4 cm³/mol. The maximum atomic E-state index is 13.4. The number of aliphatic hydroxyl groups is 1. The molecule has 0 spiro atoms. The van der Waals surface area contributed by atoms with E-state index in [9.17, 15) is 4.39 Å². The summed E-state index contributed by atoms with van der Waals surface area (Å²) in [5.74, 6) is 5.63. The van der Waals surface area contributed by atoms with E-state index >= 15 is 0 Å². The molecule has 0 saturated carbocycles. The molecule has 1 unspecified atom stereocenters. The van der Waals surface area contributed by atoms with E-state index in [0.29, 0.717) is 24.3 Å². The molecule has 19 heavy (non-hydrogen) atoms. The number of benzene rings is 1. The maximum Gasteiger partial charge on any atom is 0.128 e. The van der Waals surface area contributed by atoms with E-state index in [-0.39, 0.29) is 18.5 Å². The van der Waals surface area contributed by atoms with Crippen LogP contribution in [0.1, 0.15) is 24.8 Å². The van der Waals surface area contributed by atoms with Crippen LogP contribution in [0.15, 0.2) is 18.2 Å². The summed E-state index contributed by atoms with van der Waals surface area (Å²) >= 11 is 0. The average Bonchev–Trinajstić information content (AvgIpc) is 2.89. The van der Waals surface area contributed by atoms with Crippen molar-refractivity contribution < 1.29 is 19.0 Å². The van der Waals surface area contributed by atoms with E-state index in [2.05, 4.69) is 11.8 Å². The van der Waals surface area contributed by atoms with Gasteiger partial charge in [-0.05, 0) is 25.0 Å². The molecule has 1 aromatic rings. The molecule has 0 radical (unpaired) electrons. The number of halogens is 1. The fourth-order valence-electron chi connectivity index (χ4n) is 1.90. The summed E-state index contributed by atoms with van der Waals surface area (Å²) in [6.45, 7) is 1.21. The second-order valence-corrected chi connectivity index (χ2v) is 4.40. The lowest BCUT2D eigenvalue weighted by atomic mass is 10.2. The highest BCUT2D eigenvalue weighted by Gasteiger charge is 2.16. The van der Waals surface area contributed by atoms with Gasteiger partial charge in [0, 0.05) is 24.7 Å². The van der Waals surface area contributed by atoms with E-state index in [1.165, 1.54) is 12.1 Å². The van der Waals surface area contributed by atoms with Crippen LogP contribution in [-0.2, 0) is 4.74 Å². The van der Waals surface area contributed by atoms with Gasteiger partial charge in [0.15, 0.2) is 0 Å². The second kappa shape index (κ2) is 7.13. The number of rotatable bonds is 4. The summed E-state index contributed by atoms with van der Waals surface area (Å²) in [5.41, 5.74) is 0.552. The number of ether oxygens (including phenoxy) is 2. The fraction of sp³-hybridized carbons (Fsp3) is 0.467. The Morgan fingerprint density at radius 1 is 1.42 bits per heavy atom. The Balaban J connectivity index is 1.97. The zero-order valence-electron chi connectivity index (χ0n) is 10.7. The first-order chi connectivity index (χ1) is 9.28. The lowest BCUT2D eigenvalue weighted by Crippen LogP contribution is -2.16. The molecule has 4 heteroatoms. The van der Waals surface area contributed by atoms with Crippen LogP contribution in [0.4, 0.5) is 4.39 Å². The fourth-order valence-corrected chi connectivity index (χ4v) is 1.90. The quantitative estimate of drug-likeness (QED) is 0.847. The van der Waals surface area contributed by atoms with Crippen molar-refractivity contribution in [2.45, 2.75) is 25.4 Å². The molecule has 1 saturated heterocycles. The highest BCUT2D eigenvalue weighted by molar-refractivity contribution is 5.40. The van der Waals surface area contributed by atoms with Crippen LogP contribution in [0.25, 0.3) is 0 Å². The van der Waals surface area contributed by atoms with Crippen molar-refractivity contribution in [2.24, 2.45) is 0 Å². The Hall–Kier alpha value is -1.57. The van der Waals surface area contributed by atoms with Crippen LogP contribution >= 0.6 is 0 Å². The summed E-state index contributed by atoms with van der Waals surface area (Å²) in [7, 11) is 0. The smallest absolute Gasteiger partial charge is 0.128 e. The molecular formula is C15H17FO3. The van der Waals surface area contributed by atoms with Gasteiger partial charge in [0.1, 0.15) is 18.2 Å². The van der Waals surface area contributed by atoms with Crippen LogP contribution in [0.5, 0.6) is 5.75 Å². The first-order valence-electron chi connectivity index (χ1n) is 6.42. The van der Waals surface area contributed by atoms with Gasteiger partial charge < -0.3 is 14.6 Å². The first-order valence-corrected chi connectivity index (χ1v) is 6.42. The van der Waals surface area contributed by atoms with E-state index in [1.54, 1.807) is 6.07 Å². The molecule has 0 aliphatic carbocycles. The van der Waals surface area contributed by atoms with E-state index in [4.69, 9.17) is 14.6 Å². The van der Waals surface area contributed by atoms with Crippen molar-refractivity contribution in [1.82, 2.24) is 0 Å². The zero-order valence-corrected chi connectivity index (χ0v) is 10.7. The summed E-state index contributed by atoms with van der Waals surface area (Å²) in [5, 5.41) is 8.64. The highest BCUT2D eigenvalue weighted by Crippen LogP contribution is 2.18. The molecule has 1 heterocycles. The molecule has 0 bridgehead atoms. The summed E-state index contributed by atoms with van der Waals surface area (Å²) in [6, 6.07) is 4.39. The molecule has 0 amide bonds. The highest BCUT2D eigenvalue weighted by atomic mass is 19.1. The largest absolute Gasteiger partial charge is 0.491 e. The van der Waals surface area contributed by atoms with Crippen molar-refractivity contribution in [3.05, 3.63) is 29.6 Å². The minimum Gasteiger partial charge on any atom is -0.491 e. The minimum absolute atomic E-state index is 0.00465. The lowest BCUT2D eigenvalue weighted by Gasteiger charge is -2.11. The summed E-state index contributed by atoms with van der Waals surface area (Å²) in [4.78, 5) is 0. The van der Waals surface area contributed by atoms with Gasteiger partial charge in [-0.3, -0.25) is 0 Å². The normalized spacial score (nSPS) is 17.9. The standard InChI is InChI=1S/C15H17FO3/c16-13-8-12(4-1-2-6-17)9-15(10-13)19-11-14-5-3-7-18-14/h8-10,14,17H,2-3,5-7,11H2. The molecule has 1 atom stereocenters. The Morgan fingerprint density at radius 3 is 3.05 bits per heavy atom. The van der Waals surface area contributed by atoms with Crippen molar-refractivity contribution in [1.29, 1.82) is 0 Å². The third-order valence-electron chi connectivity index (χ3n) is 2.80. The Morgan fingerprint density at radius 2 is 2.32 bits per heavy atom. The van der Waals surface area contributed by atoms with Crippen LogP contribution in [0.2, 0.25) is 0 Å². The third kappa shape index (κ3) is 4.55. The van der Waals surface area contributed by atoms with Gasteiger partial charge in [0.2, 0.25) is 0 Å². The van der Waals surface area contributed by atoms with Crippen molar-refractivity contribution in [2.75, 3.05) is 19.8 Å². The molecule has 1 N–H and O–H groups in total. The van der Waals surface area contributed by atoms with E-state index in [1.807, 2.05) is 0 Å². The maximum absolute atomic E-state index is 13.4. The molecule has 2 rings (SSSR count). The van der Waals surface area contributed by atoms with Crippen LogP contribution in [0.3, 0.4) is 0 Å². The molecule has 0 aromatic heterocycles. The molecule has 102 valence electrons. The Bertz CT molecular complexity index is 470. The molecule has 1 aliphatic heterocycles. The van der Waals surface area contributed by atoms with Gasteiger partial charge in [0.05, 0.1) is 12.7 Å². The monoisotopic (exact) mass is 264 g/mol. The van der Waals surface area contributed by atoms with Gasteiger partial charge in [-0.1, -0.05) is 11.8 Å². The van der Waals surface area contributed by atoms with Crippen LogP contribution in [0, 0.1) is 17.7 Å². The third-order valence-corrected chi connectivity index (χ3v) is 2.80. The van der Waals surface area contributed by atoms with Gasteiger partial charge in [-0.15, -0.1) is 0 Å². The summed E-state index contributed by atoms with van der Waals surface area (Å²) in [6.07, 6.45) is 2.52. The lowest BCUT2D eigenvalue weighted by molar-refractivity contribution is 0.0678. The molecular weight excluding hydrogens is 247 g/mol. The Labute approximate surface area is 112 Å². The first kappa shape index (κ1) is 13.9. The van der Waals surface area contributed by atoms with Gasteiger partial charge in [-0.2, -0.15) is 0 Å². The predicted octanol–water partition coefficient (Wildman–Crippen LogP) is 2.12. The molecule has 1 aliphatic rings.